The van der Waals surface area contributed by atoms with Crippen molar-refractivity contribution in [1.29, 1.82) is 0 Å². The number of hydrogen-bond acceptors (Lipinski definition) is 5. The van der Waals surface area contributed by atoms with Gasteiger partial charge in [-0.25, -0.2) is 0 Å². The predicted octanol–water partition coefficient (Wildman–Crippen LogP) is 3.28. The van der Waals surface area contributed by atoms with Crippen LogP contribution in [0.4, 0.5) is 24.5 Å². The van der Waals surface area contributed by atoms with E-state index in [0.717, 1.165) is 6.07 Å². The van der Waals surface area contributed by atoms with Gasteiger partial charge in [-0.15, -0.1) is 11.8 Å². The van der Waals surface area contributed by atoms with Gasteiger partial charge in [0.05, 0.1) is 10.5 Å². The molecule has 25 heavy (non-hydrogen) atoms. The van der Waals surface area contributed by atoms with E-state index in [2.05, 4.69) is 0 Å². The number of nitrogens with one attached hydrogen (secondary N) is 2. The minimum atomic E-state index is -4.73. The fourth-order valence-corrected chi connectivity index (χ4v) is 2.35. The number of carbonyl (C=O) groups excluding carboxylic acids is 1. The number of H-pyrrole nitrogens is 1. The van der Waals surface area contributed by atoms with Crippen molar-refractivity contribution in [3.63, 3.8) is 0 Å². The number of carbonyl (C=O) groups is 1. The molecule has 7 nitrogen and oxygen atoms in total. The SMILES string of the molecule is CSc1ccc([N+](=O)[O-])c(C(=O)Nc2cc(C(F)(F)F)c[nH]c2=O)c1. The van der Waals surface area contributed by atoms with Crippen molar-refractivity contribution in [1.82, 2.24) is 4.98 Å². The van der Waals surface area contributed by atoms with Gasteiger partial charge in [-0.3, -0.25) is 19.7 Å². The molecular weight excluding hydrogens is 363 g/mol. The Morgan fingerprint density at radius 2 is 2.00 bits per heavy atom. The molecule has 0 radical (unpaired) electrons. The lowest BCUT2D eigenvalue weighted by Gasteiger charge is -2.10. The first-order valence-electron chi connectivity index (χ1n) is 6.57. The number of benzene rings is 1. The van der Waals surface area contributed by atoms with E-state index in [-0.39, 0.29) is 5.56 Å². The predicted molar refractivity (Wildman–Crippen MR) is 84.9 cm³/mol. The first-order valence-corrected chi connectivity index (χ1v) is 7.79. The van der Waals surface area contributed by atoms with Crippen LogP contribution in [0.1, 0.15) is 15.9 Å². The fraction of sp³-hybridized carbons (Fsp3) is 0.143. The highest BCUT2D eigenvalue weighted by atomic mass is 32.2. The summed E-state index contributed by atoms with van der Waals surface area (Å²) in [6, 6.07) is 4.22. The van der Waals surface area contributed by atoms with Gasteiger partial charge < -0.3 is 10.3 Å². The van der Waals surface area contributed by atoms with Crippen LogP contribution in [0.25, 0.3) is 0 Å². The third-order valence-corrected chi connectivity index (χ3v) is 3.85. The van der Waals surface area contributed by atoms with Crippen LogP contribution in [0.5, 0.6) is 0 Å². The van der Waals surface area contributed by atoms with E-state index >= 15 is 0 Å². The molecule has 0 aliphatic rings. The van der Waals surface area contributed by atoms with E-state index in [1.165, 1.54) is 23.9 Å². The quantitative estimate of drug-likeness (QED) is 0.486. The summed E-state index contributed by atoms with van der Waals surface area (Å²) >= 11 is 1.22. The number of halogens is 3. The van der Waals surface area contributed by atoms with Crippen molar-refractivity contribution in [2.24, 2.45) is 0 Å². The molecule has 0 aliphatic heterocycles. The minimum Gasteiger partial charge on any atom is -0.327 e. The molecule has 11 heteroatoms. The number of alkyl halides is 3. The van der Waals surface area contributed by atoms with Gasteiger partial charge in [-0.2, -0.15) is 13.2 Å². The monoisotopic (exact) mass is 373 g/mol. The van der Waals surface area contributed by atoms with E-state index in [4.69, 9.17) is 0 Å². The molecule has 0 aliphatic carbocycles. The summed E-state index contributed by atoms with van der Waals surface area (Å²) in [5.41, 5.74) is -3.70. The molecule has 0 atom stereocenters. The molecule has 0 saturated heterocycles. The van der Waals surface area contributed by atoms with Gasteiger partial charge in [-0.05, 0) is 24.5 Å². The number of rotatable bonds is 4. The summed E-state index contributed by atoms with van der Waals surface area (Å²) in [6.45, 7) is 0. The number of nitrogens with zero attached hydrogens (tertiary/aromatic N) is 1. The molecule has 1 aromatic heterocycles. The van der Waals surface area contributed by atoms with Crippen molar-refractivity contribution in [3.05, 3.63) is 62.1 Å². The van der Waals surface area contributed by atoms with Crippen LogP contribution in [0.2, 0.25) is 0 Å². The maximum Gasteiger partial charge on any atom is 0.417 e. The summed E-state index contributed by atoms with van der Waals surface area (Å²) in [6.07, 6.45) is -2.58. The number of nitro benzene ring substituents is 1. The maximum atomic E-state index is 12.7. The van der Waals surface area contributed by atoms with Crippen molar-refractivity contribution in [2.75, 3.05) is 11.6 Å². The summed E-state index contributed by atoms with van der Waals surface area (Å²) in [4.78, 5) is 36.5. The Balaban J connectivity index is 2.44. The van der Waals surface area contributed by atoms with Gasteiger partial charge in [0.25, 0.3) is 17.2 Å². The van der Waals surface area contributed by atoms with Crippen molar-refractivity contribution in [2.45, 2.75) is 11.1 Å². The largest absolute Gasteiger partial charge is 0.417 e. The number of anilines is 1. The Kier molecular flexibility index (Phi) is 5.16. The number of aromatic amines is 1. The van der Waals surface area contributed by atoms with Gasteiger partial charge in [0.1, 0.15) is 11.3 Å². The van der Waals surface area contributed by atoms with Crippen LogP contribution in [0.15, 0.2) is 40.2 Å². The lowest BCUT2D eigenvalue weighted by Crippen LogP contribution is -2.22. The van der Waals surface area contributed by atoms with E-state index in [0.29, 0.717) is 17.2 Å². The van der Waals surface area contributed by atoms with Crippen LogP contribution in [-0.2, 0) is 6.18 Å². The van der Waals surface area contributed by atoms with E-state index in [9.17, 15) is 32.9 Å². The lowest BCUT2D eigenvalue weighted by atomic mass is 10.1. The maximum absolute atomic E-state index is 12.7. The topological polar surface area (TPSA) is 105 Å². The van der Waals surface area contributed by atoms with Gasteiger partial charge in [-0.1, -0.05) is 0 Å². The summed E-state index contributed by atoms with van der Waals surface area (Å²) < 4.78 is 38.1. The molecule has 1 heterocycles. The average Bonchev–Trinajstić information content (AvgIpc) is 2.55. The second-order valence-electron chi connectivity index (χ2n) is 4.72. The highest BCUT2D eigenvalue weighted by Gasteiger charge is 2.32. The minimum absolute atomic E-state index is 0.367. The molecule has 0 saturated carbocycles. The van der Waals surface area contributed by atoms with Crippen LogP contribution >= 0.6 is 11.8 Å². The molecule has 1 amide bonds. The fourth-order valence-electron chi connectivity index (χ4n) is 1.91. The average molecular weight is 373 g/mol. The zero-order chi connectivity index (χ0) is 18.8. The second-order valence-corrected chi connectivity index (χ2v) is 5.60. The Hall–Kier alpha value is -2.82. The zero-order valence-corrected chi connectivity index (χ0v) is 13.3. The van der Waals surface area contributed by atoms with Gasteiger partial charge in [0, 0.05) is 17.2 Å². The third-order valence-electron chi connectivity index (χ3n) is 3.12. The molecule has 0 spiro atoms. The van der Waals surface area contributed by atoms with E-state index in [1.807, 2.05) is 10.3 Å². The Morgan fingerprint density at radius 1 is 1.32 bits per heavy atom. The van der Waals surface area contributed by atoms with Gasteiger partial charge in [0.2, 0.25) is 0 Å². The first-order chi connectivity index (χ1) is 11.6. The van der Waals surface area contributed by atoms with Crippen LogP contribution in [0, 0.1) is 10.1 Å². The summed E-state index contributed by atoms with van der Waals surface area (Å²) in [5, 5.41) is 13.0. The first kappa shape index (κ1) is 18.5. The van der Waals surface area contributed by atoms with Crippen LogP contribution in [-0.4, -0.2) is 22.1 Å². The molecule has 2 aromatic rings. The number of hydrogen-bond donors (Lipinski definition) is 2. The van der Waals surface area contributed by atoms with Crippen molar-refractivity contribution >= 4 is 29.0 Å². The third kappa shape index (κ3) is 4.18. The molecule has 0 unspecified atom stereocenters. The van der Waals surface area contributed by atoms with Crippen molar-refractivity contribution < 1.29 is 22.9 Å². The van der Waals surface area contributed by atoms with E-state index < -0.39 is 39.5 Å². The molecule has 0 bridgehead atoms. The summed E-state index contributed by atoms with van der Waals surface area (Å²) in [5.74, 6) is -1.06. The zero-order valence-electron chi connectivity index (χ0n) is 12.5. The molecule has 2 N–H and O–H groups in total. The van der Waals surface area contributed by atoms with Gasteiger partial charge >= 0.3 is 6.18 Å². The molecular formula is C14H10F3N3O4S. The highest BCUT2D eigenvalue weighted by molar-refractivity contribution is 7.98. The lowest BCUT2D eigenvalue weighted by molar-refractivity contribution is -0.385. The Bertz CT molecular complexity index is 896. The van der Waals surface area contributed by atoms with Crippen molar-refractivity contribution in [3.8, 4) is 0 Å². The molecule has 0 fully saturated rings. The molecule has 132 valence electrons. The van der Waals surface area contributed by atoms with Crippen LogP contribution in [0.3, 0.4) is 0 Å². The Labute approximate surface area is 142 Å². The second kappa shape index (κ2) is 6.97. The normalized spacial score (nSPS) is 11.2. The standard InChI is InChI=1S/C14H10F3N3O4S/c1-25-8-2-3-11(20(23)24)9(5-8)12(21)19-10-4-7(14(15,16)17)6-18-13(10)22/h2-6H,1H3,(H,18,22)(H,19,21). The molecule has 2 rings (SSSR count). The summed E-state index contributed by atoms with van der Waals surface area (Å²) in [7, 11) is 0. The number of thioether (sulfide) groups is 1. The number of nitro groups is 1. The smallest absolute Gasteiger partial charge is 0.327 e. The number of aromatic nitrogens is 1. The highest BCUT2D eigenvalue weighted by Crippen LogP contribution is 2.30. The number of pyridine rings is 1. The Morgan fingerprint density at radius 3 is 2.56 bits per heavy atom. The van der Waals surface area contributed by atoms with Crippen LogP contribution < -0.4 is 10.9 Å². The molecule has 1 aromatic carbocycles. The van der Waals surface area contributed by atoms with Gasteiger partial charge in [0.15, 0.2) is 0 Å². The van der Waals surface area contributed by atoms with E-state index in [1.54, 1.807) is 6.26 Å². The number of amides is 1.